The number of benzene rings is 3. The van der Waals surface area contributed by atoms with Gasteiger partial charge in [-0.2, -0.15) is 21.9 Å². The molecule has 0 aliphatic carbocycles. The molecule has 0 heterocycles. The zero-order valence-corrected chi connectivity index (χ0v) is 16.0. The Hall–Kier alpha value is -2.02. The normalized spacial score (nSPS) is 11.4. The summed E-state index contributed by atoms with van der Waals surface area (Å²) in [7, 11) is -4.31. The minimum Gasteiger partial charge on any atom is -0.507 e. The molecule has 3 aromatic rings. The van der Waals surface area contributed by atoms with Crippen LogP contribution in [0.4, 0.5) is 0 Å². The molecule has 3 rings (SSSR count). The highest BCUT2D eigenvalue weighted by Crippen LogP contribution is 2.38. The van der Waals surface area contributed by atoms with E-state index in [2.05, 4.69) is 0 Å². The molecule has 0 amide bonds. The third-order valence-corrected chi connectivity index (χ3v) is 5.62. The number of phenolic OH excluding ortho intramolecular Hbond substituents is 1. The predicted octanol–water partition coefficient (Wildman–Crippen LogP) is 4.50. The fourth-order valence-electron chi connectivity index (χ4n) is 3.08. The van der Waals surface area contributed by atoms with Crippen molar-refractivity contribution in [3.63, 3.8) is 0 Å². The van der Waals surface area contributed by atoms with Gasteiger partial charge in [-0.3, -0.25) is 4.55 Å². The van der Waals surface area contributed by atoms with Crippen LogP contribution in [0.1, 0.15) is 16.7 Å². The molecule has 6 heteroatoms. The summed E-state index contributed by atoms with van der Waals surface area (Å²) in [5.41, 5.74) is 3.84. The Morgan fingerprint density at radius 3 is 2.00 bits per heavy atom. The monoisotopic (exact) mass is 376 g/mol. The molecule has 0 atom stereocenters. The van der Waals surface area contributed by atoms with Crippen LogP contribution in [-0.2, 0) is 10.1 Å². The van der Waals surface area contributed by atoms with E-state index >= 15 is 0 Å². The number of fused-ring (bicyclic) bond motifs is 1. The van der Waals surface area contributed by atoms with E-state index in [9.17, 15) is 18.1 Å². The van der Waals surface area contributed by atoms with Gasteiger partial charge in [0, 0.05) is 5.39 Å². The van der Waals surface area contributed by atoms with Gasteiger partial charge in [-0.1, -0.05) is 30.3 Å². The zero-order valence-electron chi connectivity index (χ0n) is 14.2. The average molecular weight is 376 g/mol. The molecule has 0 fully saturated rings. The molecule has 0 aromatic heterocycles. The molecule has 4 nitrogen and oxygen atoms in total. The molecule has 0 aliphatic rings. The van der Waals surface area contributed by atoms with Crippen molar-refractivity contribution in [2.24, 2.45) is 0 Å². The highest BCUT2D eigenvalue weighted by Gasteiger charge is 2.20. The Bertz CT molecular complexity index is 1070. The molecule has 0 unspecified atom stereocenters. The smallest absolute Gasteiger partial charge is 0.294 e. The van der Waals surface area contributed by atoms with Crippen molar-refractivity contribution in [3.05, 3.63) is 59.2 Å². The number of aromatic hydroxyl groups is 1. The van der Waals surface area contributed by atoms with Crippen molar-refractivity contribution in [2.45, 2.75) is 25.7 Å². The second kappa shape index (κ2) is 6.71. The van der Waals surface area contributed by atoms with Crippen LogP contribution in [0.2, 0.25) is 0 Å². The van der Waals surface area contributed by atoms with Gasteiger partial charge in [-0.25, -0.2) is 0 Å². The van der Waals surface area contributed by atoms with Crippen LogP contribution in [-0.4, -0.2) is 18.1 Å². The van der Waals surface area contributed by atoms with Gasteiger partial charge in [0.05, 0.1) is 4.90 Å². The largest absolute Gasteiger partial charge is 0.507 e. The van der Waals surface area contributed by atoms with Crippen molar-refractivity contribution in [1.29, 1.82) is 0 Å². The molecule has 132 valence electrons. The Morgan fingerprint density at radius 2 is 1.40 bits per heavy atom. The lowest BCUT2D eigenvalue weighted by atomic mass is 9.91. The topological polar surface area (TPSA) is 74.6 Å². The van der Waals surface area contributed by atoms with Crippen molar-refractivity contribution < 1.29 is 18.1 Å². The van der Waals surface area contributed by atoms with Gasteiger partial charge in [-0.05, 0) is 66.1 Å². The summed E-state index contributed by atoms with van der Waals surface area (Å²) >= 11 is 0. The van der Waals surface area contributed by atoms with Crippen molar-refractivity contribution in [2.75, 3.05) is 0 Å². The summed E-state index contributed by atoms with van der Waals surface area (Å²) in [6.45, 7) is 5.45. The molecule has 0 bridgehead atoms. The van der Waals surface area contributed by atoms with E-state index < -0.39 is 10.1 Å². The van der Waals surface area contributed by atoms with Crippen LogP contribution in [0.5, 0.6) is 5.75 Å². The highest BCUT2D eigenvalue weighted by molar-refractivity contribution is 7.85. The summed E-state index contributed by atoms with van der Waals surface area (Å²) < 4.78 is 33.0. The van der Waals surface area contributed by atoms with Crippen molar-refractivity contribution in [1.82, 2.24) is 0 Å². The van der Waals surface area contributed by atoms with Gasteiger partial charge >= 0.3 is 0 Å². The Labute approximate surface area is 154 Å². The second-order valence-corrected chi connectivity index (χ2v) is 7.34. The molecule has 0 saturated carbocycles. The molecule has 3 aromatic carbocycles. The number of hydrogen-bond donors (Lipinski definition) is 2. The Morgan fingerprint density at radius 1 is 0.800 bits per heavy atom. The van der Waals surface area contributed by atoms with E-state index in [1.165, 1.54) is 6.07 Å². The predicted molar refractivity (Wildman–Crippen MR) is 105 cm³/mol. The SMILES string of the molecule is Cc1c(-c2ccc(O)c3ccccc23)cc(S(=O)(=O)O)c(C)c1C.S. The number of rotatable bonds is 2. The average Bonchev–Trinajstić information content (AvgIpc) is 2.53. The quantitative estimate of drug-likeness (QED) is 0.646. The first-order valence-electron chi connectivity index (χ1n) is 7.51. The van der Waals surface area contributed by atoms with Gasteiger partial charge in [0.1, 0.15) is 5.75 Å². The summed E-state index contributed by atoms with van der Waals surface area (Å²) in [6, 6.07) is 12.3. The summed E-state index contributed by atoms with van der Waals surface area (Å²) in [6.07, 6.45) is 0. The highest BCUT2D eigenvalue weighted by atomic mass is 32.2. The van der Waals surface area contributed by atoms with E-state index in [0.29, 0.717) is 10.9 Å². The molecule has 0 aliphatic heterocycles. The maximum absolute atomic E-state index is 11.7. The molecular formula is C19H20O4S2. The first kappa shape index (κ1) is 19.3. The minimum absolute atomic E-state index is 0. The summed E-state index contributed by atoms with van der Waals surface area (Å²) in [4.78, 5) is -0.0854. The first-order chi connectivity index (χ1) is 11.2. The zero-order chi connectivity index (χ0) is 17.6. The number of phenols is 1. The second-order valence-electron chi connectivity index (χ2n) is 5.95. The van der Waals surface area contributed by atoms with Gasteiger partial charge in [0.25, 0.3) is 10.1 Å². The maximum Gasteiger partial charge on any atom is 0.294 e. The molecule has 0 radical (unpaired) electrons. The van der Waals surface area contributed by atoms with Gasteiger partial charge in [0.2, 0.25) is 0 Å². The molecule has 0 spiro atoms. The lowest BCUT2D eigenvalue weighted by Crippen LogP contribution is -2.05. The first-order valence-corrected chi connectivity index (χ1v) is 8.95. The third-order valence-electron chi connectivity index (χ3n) is 4.64. The minimum atomic E-state index is -4.31. The summed E-state index contributed by atoms with van der Waals surface area (Å²) in [5, 5.41) is 11.6. The van der Waals surface area contributed by atoms with Crippen LogP contribution in [0.3, 0.4) is 0 Å². The van der Waals surface area contributed by atoms with E-state index in [4.69, 9.17) is 0 Å². The standard InChI is InChI=1S/C19H18O4S.H2S/c1-11-12(2)17(10-19(13(11)3)24(21,22)23)15-8-9-18(20)16-7-5-4-6-14(15)16;/h4-10,20H,1-3H3,(H,21,22,23);1H2. The van der Waals surface area contributed by atoms with Crippen LogP contribution >= 0.6 is 13.5 Å². The maximum atomic E-state index is 11.7. The van der Waals surface area contributed by atoms with Gasteiger partial charge in [0.15, 0.2) is 0 Å². The van der Waals surface area contributed by atoms with Gasteiger partial charge < -0.3 is 5.11 Å². The molecule has 2 N–H and O–H groups in total. The van der Waals surface area contributed by atoms with E-state index in [1.54, 1.807) is 19.1 Å². The molecule has 25 heavy (non-hydrogen) atoms. The van der Waals surface area contributed by atoms with Crippen LogP contribution < -0.4 is 0 Å². The van der Waals surface area contributed by atoms with Crippen LogP contribution in [0.25, 0.3) is 21.9 Å². The van der Waals surface area contributed by atoms with E-state index in [-0.39, 0.29) is 24.1 Å². The Kier molecular flexibility index (Phi) is 5.18. The fraction of sp³-hybridized carbons (Fsp3) is 0.158. The summed E-state index contributed by atoms with van der Waals surface area (Å²) in [5.74, 6) is 0.172. The lowest BCUT2D eigenvalue weighted by molar-refractivity contribution is 0.481. The molecular weight excluding hydrogens is 356 g/mol. The van der Waals surface area contributed by atoms with Crippen LogP contribution in [0.15, 0.2) is 47.4 Å². The van der Waals surface area contributed by atoms with Crippen molar-refractivity contribution in [3.8, 4) is 16.9 Å². The van der Waals surface area contributed by atoms with Gasteiger partial charge in [-0.15, -0.1) is 0 Å². The van der Waals surface area contributed by atoms with Crippen LogP contribution in [0, 0.1) is 20.8 Å². The third kappa shape index (κ3) is 3.25. The fourth-order valence-corrected chi connectivity index (χ4v) is 3.89. The Balaban J connectivity index is 0.00000225. The lowest BCUT2D eigenvalue weighted by Gasteiger charge is -2.17. The van der Waals surface area contributed by atoms with Crippen molar-refractivity contribution >= 4 is 34.4 Å². The van der Waals surface area contributed by atoms with E-state index in [1.807, 2.05) is 38.1 Å². The number of hydrogen-bond acceptors (Lipinski definition) is 3. The van der Waals surface area contributed by atoms with E-state index in [0.717, 1.165) is 27.6 Å². The molecule has 0 saturated heterocycles.